The lowest BCUT2D eigenvalue weighted by atomic mass is 10.0. The van der Waals surface area contributed by atoms with Crippen molar-refractivity contribution in [3.05, 3.63) is 12.2 Å². The van der Waals surface area contributed by atoms with Crippen LogP contribution in [-0.2, 0) is 6.54 Å². The molecule has 0 spiro atoms. The number of nitrogens with one attached hydrogen (secondary N) is 1. The highest BCUT2D eigenvalue weighted by molar-refractivity contribution is 4.96. The first kappa shape index (κ1) is 8.69. The number of hydrogen-bond donors (Lipinski definition) is 1. The maximum absolute atomic E-state index is 4.16. The summed E-state index contributed by atoms with van der Waals surface area (Å²) in [6.07, 6.45) is 5.59. The van der Waals surface area contributed by atoms with Crippen molar-refractivity contribution in [2.75, 3.05) is 6.54 Å². The molecular weight excluding hydrogens is 164 g/mol. The Bertz CT molecular complexity index is 262. The van der Waals surface area contributed by atoms with Crippen molar-refractivity contribution < 1.29 is 0 Å². The van der Waals surface area contributed by atoms with Crippen molar-refractivity contribution in [1.82, 2.24) is 20.1 Å². The molecule has 1 N–H and O–H groups in total. The van der Waals surface area contributed by atoms with Gasteiger partial charge in [-0.15, -0.1) is 10.2 Å². The Morgan fingerprint density at radius 2 is 2.54 bits per heavy atom. The van der Waals surface area contributed by atoms with Crippen molar-refractivity contribution in [3.63, 3.8) is 0 Å². The van der Waals surface area contributed by atoms with Crippen LogP contribution in [0.4, 0.5) is 0 Å². The zero-order valence-electron chi connectivity index (χ0n) is 8.03. The minimum atomic E-state index is 0.427. The van der Waals surface area contributed by atoms with Crippen molar-refractivity contribution >= 4 is 0 Å². The van der Waals surface area contributed by atoms with Gasteiger partial charge in [0.1, 0.15) is 12.2 Å². The minimum absolute atomic E-state index is 0.427. The number of aryl methyl sites for hydroxylation is 1. The molecule has 0 aromatic carbocycles. The Hall–Kier alpha value is -0.900. The van der Waals surface area contributed by atoms with Gasteiger partial charge in [0.15, 0.2) is 0 Å². The Morgan fingerprint density at radius 1 is 1.62 bits per heavy atom. The van der Waals surface area contributed by atoms with Gasteiger partial charge in [0.2, 0.25) is 0 Å². The topological polar surface area (TPSA) is 42.7 Å². The van der Waals surface area contributed by atoms with Crippen LogP contribution in [-0.4, -0.2) is 21.3 Å². The molecule has 0 aliphatic carbocycles. The second-order valence-electron chi connectivity index (χ2n) is 3.48. The molecule has 1 aromatic rings. The molecule has 0 radical (unpaired) electrons. The molecule has 1 aliphatic heterocycles. The molecule has 4 heteroatoms. The molecule has 13 heavy (non-hydrogen) atoms. The number of hydrogen-bond acceptors (Lipinski definition) is 3. The second kappa shape index (κ2) is 3.87. The maximum Gasteiger partial charge on any atom is 0.149 e. The van der Waals surface area contributed by atoms with Gasteiger partial charge in [0.05, 0.1) is 6.04 Å². The quantitative estimate of drug-likeness (QED) is 0.741. The van der Waals surface area contributed by atoms with Crippen molar-refractivity contribution in [1.29, 1.82) is 0 Å². The SMILES string of the molecule is CCn1cnnc1[C@@H]1CCCCN1. The first-order chi connectivity index (χ1) is 6.42. The van der Waals surface area contributed by atoms with E-state index in [1.54, 1.807) is 0 Å². The van der Waals surface area contributed by atoms with Gasteiger partial charge >= 0.3 is 0 Å². The van der Waals surface area contributed by atoms with E-state index in [1.165, 1.54) is 19.3 Å². The first-order valence-corrected chi connectivity index (χ1v) is 5.03. The molecule has 0 bridgehead atoms. The van der Waals surface area contributed by atoms with E-state index in [2.05, 4.69) is 27.0 Å². The van der Waals surface area contributed by atoms with Gasteiger partial charge in [-0.1, -0.05) is 6.42 Å². The molecule has 1 atom stereocenters. The summed E-state index contributed by atoms with van der Waals surface area (Å²) in [4.78, 5) is 0. The number of aromatic nitrogens is 3. The lowest BCUT2D eigenvalue weighted by Gasteiger charge is -2.22. The molecule has 0 amide bonds. The van der Waals surface area contributed by atoms with E-state index in [0.717, 1.165) is 18.9 Å². The zero-order chi connectivity index (χ0) is 9.10. The number of nitrogens with zero attached hydrogens (tertiary/aromatic N) is 3. The summed E-state index contributed by atoms with van der Waals surface area (Å²) in [7, 11) is 0. The average molecular weight is 180 g/mol. The van der Waals surface area contributed by atoms with Crippen LogP contribution >= 0.6 is 0 Å². The van der Waals surface area contributed by atoms with Crippen LogP contribution in [0.3, 0.4) is 0 Å². The van der Waals surface area contributed by atoms with E-state index in [1.807, 2.05) is 6.33 Å². The smallest absolute Gasteiger partial charge is 0.149 e. The van der Waals surface area contributed by atoms with Crippen molar-refractivity contribution in [2.24, 2.45) is 0 Å². The third-order valence-electron chi connectivity index (χ3n) is 2.61. The fraction of sp³-hybridized carbons (Fsp3) is 0.778. The molecule has 1 saturated heterocycles. The molecular formula is C9H16N4. The summed E-state index contributed by atoms with van der Waals surface area (Å²) in [6, 6.07) is 0.427. The van der Waals surface area contributed by atoms with Gasteiger partial charge < -0.3 is 9.88 Å². The van der Waals surface area contributed by atoms with Crippen LogP contribution in [0.5, 0.6) is 0 Å². The normalized spacial score (nSPS) is 23.3. The highest BCUT2D eigenvalue weighted by Crippen LogP contribution is 2.20. The van der Waals surface area contributed by atoms with Gasteiger partial charge in [-0.25, -0.2) is 0 Å². The number of piperidine rings is 1. The summed E-state index contributed by atoms with van der Waals surface area (Å²) < 4.78 is 2.11. The summed E-state index contributed by atoms with van der Waals surface area (Å²) in [5.74, 6) is 1.10. The molecule has 1 aromatic heterocycles. The summed E-state index contributed by atoms with van der Waals surface area (Å²) in [5, 5.41) is 11.6. The number of rotatable bonds is 2. The standard InChI is InChI=1S/C9H16N4/c1-2-13-7-11-12-9(13)8-5-3-4-6-10-8/h7-8,10H,2-6H2,1H3/t8-/m0/s1. The third kappa shape index (κ3) is 1.72. The van der Waals surface area contributed by atoms with Crippen LogP contribution in [0.25, 0.3) is 0 Å². The third-order valence-corrected chi connectivity index (χ3v) is 2.61. The summed E-state index contributed by atoms with van der Waals surface area (Å²) >= 11 is 0. The highest BCUT2D eigenvalue weighted by atomic mass is 15.3. The fourth-order valence-corrected chi connectivity index (χ4v) is 1.85. The Kier molecular flexibility index (Phi) is 2.59. The lowest BCUT2D eigenvalue weighted by molar-refractivity contribution is 0.386. The summed E-state index contributed by atoms with van der Waals surface area (Å²) in [6.45, 7) is 4.19. The van der Waals surface area contributed by atoms with Crippen LogP contribution in [0, 0.1) is 0 Å². The van der Waals surface area contributed by atoms with E-state index >= 15 is 0 Å². The van der Waals surface area contributed by atoms with Crippen LogP contribution in [0.2, 0.25) is 0 Å². The van der Waals surface area contributed by atoms with E-state index in [4.69, 9.17) is 0 Å². The fourth-order valence-electron chi connectivity index (χ4n) is 1.85. The van der Waals surface area contributed by atoms with E-state index in [9.17, 15) is 0 Å². The molecule has 0 saturated carbocycles. The van der Waals surface area contributed by atoms with E-state index in [0.29, 0.717) is 6.04 Å². The maximum atomic E-state index is 4.16. The largest absolute Gasteiger partial charge is 0.317 e. The minimum Gasteiger partial charge on any atom is -0.317 e. The van der Waals surface area contributed by atoms with Crippen LogP contribution < -0.4 is 5.32 Å². The molecule has 4 nitrogen and oxygen atoms in total. The van der Waals surface area contributed by atoms with E-state index in [-0.39, 0.29) is 0 Å². The monoisotopic (exact) mass is 180 g/mol. The van der Waals surface area contributed by atoms with Gasteiger partial charge in [-0.05, 0) is 26.3 Å². The second-order valence-corrected chi connectivity index (χ2v) is 3.48. The van der Waals surface area contributed by atoms with Crippen LogP contribution in [0.1, 0.15) is 38.1 Å². The van der Waals surface area contributed by atoms with Gasteiger partial charge in [-0.2, -0.15) is 0 Å². The molecule has 1 fully saturated rings. The summed E-state index contributed by atoms with van der Waals surface area (Å²) in [5.41, 5.74) is 0. The lowest BCUT2D eigenvalue weighted by Crippen LogP contribution is -2.29. The van der Waals surface area contributed by atoms with E-state index < -0.39 is 0 Å². The Morgan fingerprint density at radius 3 is 3.23 bits per heavy atom. The predicted octanol–water partition coefficient (Wildman–Crippen LogP) is 1.11. The molecule has 72 valence electrons. The molecule has 0 unspecified atom stereocenters. The van der Waals surface area contributed by atoms with Crippen molar-refractivity contribution in [2.45, 2.75) is 38.8 Å². The Balaban J connectivity index is 2.13. The zero-order valence-corrected chi connectivity index (χ0v) is 8.03. The molecule has 2 rings (SSSR count). The molecule has 2 heterocycles. The predicted molar refractivity (Wildman–Crippen MR) is 50.3 cm³/mol. The first-order valence-electron chi connectivity index (χ1n) is 5.03. The Labute approximate surface area is 78.4 Å². The average Bonchev–Trinajstić information content (AvgIpc) is 2.67. The van der Waals surface area contributed by atoms with Gasteiger partial charge in [-0.3, -0.25) is 0 Å². The molecule has 1 aliphatic rings. The van der Waals surface area contributed by atoms with Gasteiger partial charge in [0, 0.05) is 6.54 Å². The highest BCUT2D eigenvalue weighted by Gasteiger charge is 2.19. The van der Waals surface area contributed by atoms with Gasteiger partial charge in [0.25, 0.3) is 0 Å². The van der Waals surface area contributed by atoms with Crippen LogP contribution in [0.15, 0.2) is 6.33 Å². The van der Waals surface area contributed by atoms with Crippen molar-refractivity contribution in [3.8, 4) is 0 Å².